The molecule has 30 heavy (non-hydrogen) atoms. The number of nitrogens with one attached hydrogen (secondary N) is 1. The Morgan fingerprint density at radius 2 is 1.93 bits per heavy atom. The molecule has 1 N–H and O–H groups in total. The Hall–Kier alpha value is -3.48. The third-order valence-electron chi connectivity index (χ3n) is 5.75. The zero-order chi connectivity index (χ0) is 20.7. The third kappa shape index (κ3) is 3.36. The first kappa shape index (κ1) is 18.5. The van der Waals surface area contributed by atoms with Gasteiger partial charge in [-0.15, -0.1) is 0 Å². The molecule has 0 saturated carbocycles. The molecule has 7 heteroatoms. The molecule has 3 heterocycles. The molecule has 0 bridgehead atoms. The van der Waals surface area contributed by atoms with E-state index in [0.29, 0.717) is 36.0 Å². The van der Waals surface area contributed by atoms with Gasteiger partial charge in [-0.25, -0.2) is 4.39 Å². The molecule has 2 aromatic carbocycles. The number of hydrogen-bond acceptors (Lipinski definition) is 4. The van der Waals surface area contributed by atoms with E-state index in [4.69, 9.17) is 4.52 Å². The maximum Gasteiger partial charge on any atom is 0.270 e. The monoisotopic (exact) mass is 404 g/mol. The largest absolute Gasteiger partial charge is 0.350 e. The van der Waals surface area contributed by atoms with Crippen molar-refractivity contribution < 1.29 is 13.7 Å². The van der Waals surface area contributed by atoms with Crippen LogP contribution >= 0.6 is 0 Å². The molecule has 5 rings (SSSR count). The van der Waals surface area contributed by atoms with E-state index >= 15 is 0 Å². The number of carbonyl (C=O) groups is 1. The van der Waals surface area contributed by atoms with Gasteiger partial charge in [0.25, 0.3) is 5.91 Å². The summed E-state index contributed by atoms with van der Waals surface area (Å²) in [7, 11) is 0. The van der Waals surface area contributed by atoms with Gasteiger partial charge in [0.15, 0.2) is 0 Å². The van der Waals surface area contributed by atoms with Crippen LogP contribution in [0.15, 0.2) is 53.1 Å². The Morgan fingerprint density at radius 1 is 1.17 bits per heavy atom. The first-order valence-corrected chi connectivity index (χ1v) is 10.1. The minimum atomic E-state index is -0.309. The molecule has 2 aromatic heterocycles. The second-order valence-corrected chi connectivity index (χ2v) is 7.76. The fourth-order valence-electron chi connectivity index (χ4n) is 4.10. The van der Waals surface area contributed by atoms with Gasteiger partial charge in [-0.1, -0.05) is 35.5 Å². The van der Waals surface area contributed by atoms with Gasteiger partial charge in [0.2, 0.25) is 11.7 Å². The number of halogens is 1. The van der Waals surface area contributed by atoms with E-state index in [0.717, 1.165) is 29.4 Å². The van der Waals surface area contributed by atoms with Gasteiger partial charge in [-0.05, 0) is 43.5 Å². The van der Waals surface area contributed by atoms with Crippen LogP contribution in [-0.2, 0) is 0 Å². The van der Waals surface area contributed by atoms with E-state index in [-0.39, 0.29) is 17.6 Å². The number of hydrogen-bond donors (Lipinski definition) is 1. The number of aromatic amines is 1. The normalized spacial score (nSPS) is 15.1. The lowest BCUT2D eigenvalue weighted by Gasteiger charge is -2.30. The van der Waals surface area contributed by atoms with Crippen LogP contribution in [0.25, 0.3) is 22.3 Å². The highest BCUT2D eigenvalue weighted by atomic mass is 19.1. The number of aromatic nitrogens is 3. The number of benzene rings is 2. The van der Waals surface area contributed by atoms with Gasteiger partial charge >= 0.3 is 0 Å². The molecule has 1 saturated heterocycles. The molecule has 4 aromatic rings. The molecule has 6 nitrogen and oxygen atoms in total. The van der Waals surface area contributed by atoms with Crippen molar-refractivity contribution in [3.8, 4) is 11.4 Å². The smallest absolute Gasteiger partial charge is 0.270 e. The number of nitrogens with zero attached hydrogens (tertiary/aromatic N) is 3. The standard InChI is InChI=1S/C23H21FN4O2/c1-14-11-17(24)12-19-18(14)13-20(25-19)23(29)28-9-7-16(8-10-28)22-26-21(27-30-22)15-5-3-2-4-6-15/h2-6,11-13,16,25H,7-10H2,1H3. The highest BCUT2D eigenvalue weighted by molar-refractivity contribution is 5.98. The van der Waals surface area contributed by atoms with E-state index in [9.17, 15) is 9.18 Å². The Balaban J connectivity index is 1.28. The van der Waals surface area contributed by atoms with Crippen LogP contribution in [0.5, 0.6) is 0 Å². The van der Waals surface area contributed by atoms with Crippen molar-refractivity contribution in [1.82, 2.24) is 20.0 Å². The van der Waals surface area contributed by atoms with E-state index in [1.807, 2.05) is 48.2 Å². The third-order valence-corrected chi connectivity index (χ3v) is 5.75. The second-order valence-electron chi connectivity index (χ2n) is 7.76. The number of likely N-dealkylation sites (tertiary alicyclic amines) is 1. The lowest BCUT2D eigenvalue weighted by molar-refractivity contribution is 0.0699. The number of carbonyl (C=O) groups excluding carboxylic acids is 1. The van der Waals surface area contributed by atoms with Gasteiger partial charge in [-0.3, -0.25) is 4.79 Å². The SMILES string of the molecule is Cc1cc(F)cc2[nH]c(C(=O)N3CCC(c4nc(-c5ccccc5)no4)CC3)cc12. The summed E-state index contributed by atoms with van der Waals surface area (Å²) in [5, 5.41) is 4.97. The quantitative estimate of drug-likeness (QED) is 0.538. The van der Waals surface area contributed by atoms with Crippen molar-refractivity contribution in [2.24, 2.45) is 0 Å². The Labute approximate surface area is 172 Å². The number of aryl methyl sites for hydroxylation is 1. The zero-order valence-electron chi connectivity index (χ0n) is 16.6. The predicted octanol–water partition coefficient (Wildman–Crippen LogP) is 4.69. The molecular formula is C23H21FN4O2. The Kier molecular flexibility index (Phi) is 4.58. The molecule has 1 amide bonds. The number of H-pyrrole nitrogens is 1. The molecule has 1 aliphatic heterocycles. The topological polar surface area (TPSA) is 75.0 Å². The van der Waals surface area contributed by atoms with Gasteiger partial charge < -0.3 is 14.4 Å². The molecule has 152 valence electrons. The van der Waals surface area contributed by atoms with Crippen LogP contribution in [0.3, 0.4) is 0 Å². The first-order chi connectivity index (χ1) is 14.6. The van der Waals surface area contributed by atoms with Crippen LogP contribution in [-0.4, -0.2) is 39.0 Å². The van der Waals surface area contributed by atoms with E-state index < -0.39 is 0 Å². The van der Waals surface area contributed by atoms with Gasteiger partial charge in [0, 0.05) is 35.5 Å². The van der Waals surface area contributed by atoms with Crippen LogP contribution in [0.4, 0.5) is 4.39 Å². The lowest BCUT2D eigenvalue weighted by atomic mass is 9.96. The summed E-state index contributed by atoms with van der Waals surface area (Å²) in [6.07, 6.45) is 1.52. The maximum absolute atomic E-state index is 13.6. The van der Waals surface area contributed by atoms with Crippen molar-refractivity contribution in [2.75, 3.05) is 13.1 Å². The minimum absolute atomic E-state index is 0.0695. The summed E-state index contributed by atoms with van der Waals surface area (Å²) in [6.45, 7) is 3.05. The molecule has 0 unspecified atom stereocenters. The van der Waals surface area contributed by atoms with Crippen molar-refractivity contribution in [3.05, 3.63) is 71.5 Å². The second kappa shape index (κ2) is 7.40. The summed E-state index contributed by atoms with van der Waals surface area (Å²) >= 11 is 0. The molecular weight excluding hydrogens is 383 g/mol. The van der Waals surface area contributed by atoms with Gasteiger partial charge in [-0.2, -0.15) is 4.98 Å². The van der Waals surface area contributed by atoms with Crippen LogP contribution in [0, 0.1) is 12.7 Å². The summed E-state index contributed by atoms with van der Waals surface area (Å²) in [4.78, 5) is 22.4. The van der Waals surface area contributed by atoms with E-state index in [1.54, 1.807) is 0 Å². The summed E-state index contributed by atoms with van der Waals surface area (Å²) in [5.41, 5.74) is 2.86. The summed E-state index contributed by atoms with van der Waals surface area (Å²) < 4.78 is 19.1. The van der Waals surface area contributed by atoms with Crippen molar-refractivity contribution in [3.63, 3.8) is 0 Å². The molecule has 0 aliphatic carbocycles. The highest BCUT2D eigenvalue weighted by Crippen LogP contribution is 2.30. The maximum atomic E-state index is 13.6. The average molecular weight is 404 g/mol. The number of amides is 1. The minimum Gasteiger partial charge on any atom is -0.350 e. The van der Waals surface area contributed by atoms with Crippen molar-refractivity contribution >= 4 is 16.8 Å². The Bertz CT molecular complexity index is 1210. The summed E-state index contributed by atoms with van der Waals surface area (Å²) in [6, 6.07) is 14.4. The number of piperidine rings is 1. The number of fused-ring (bicyclic) bond motifs is 1. The average Bonchev–Trinajstić information content (AvgIpc) is 3.42. The van der Waals surface area contributed by atoms with Crippen LogP contribution in [0.1, 0.15) is 40.7 Å². The molecule has 0 radical (unpaired) electrons. The predicted molar refractivity (Wildman–Crippen MR) is 111 cm³/mol. The molecule has 0 spiro atoms. The lowest BCUT2D eigenvalue weighted by Crippen LogP contribution is -2.38. The molecule has 0 atom stereocenters. The van der Waals surface area contributed by atoms with Gasteiger partial charge in [0.1, 0.15) is 11.5 Å². The Morgan fingerprint density at radius 3 is 2.70 bits per heavy atom. The van der Waals surface area contributed by atoms with Crippen molar-refractivity contribution in [2.45, 2.75) is 25.7 Å². The van der Waals surface area contributed by atoms with Crippen LogP contribution < -0.4 is 0 Å². The van der Waals surface area contributed by atoms with Gasteiger partial charge in [0.05, 0.1) is 0 Å². The highest BCUT2D eigenvalue weighted by Gasteiger charge is 2.29. The first-order valence-electron chi connectivity index (χ1n) is 10.1. The van der Waals surface area contributed by atoms with E-state index in [2.05, 4.69) is 15.1 Å². The fourth-order valence-corrected chi connectivity index (χ4v) is 4.10. The van der Waals surface area contributed by atoms with Crippen molar-refractivity contribution in [1.29, 1.82) is 0 Å². The molecule has 1 aliphatic rings. The zero-order valence-corrected chi connectivity index (χ0v) is 16.6. The molecule has 1 fully saturated rings. The summed E-state index contributed by atoms with van der Waals surface area (Å²) in [5.74, 6) is 0.969. The number of rotatable bonds is 3. The van der Waals surface area contributed by atoms with E-state index in [1.165, 1.54) is 12.1 Å². The fraction of sp³-hybridized carbons (Fsp3) is 0.261. The van der Waals surface area contributed by atoms with Crippen LogP contribution in [0.2, 0.25) is 0 Å².